The standard InChI is InChI=1S/C13H9F4NO4/c14-9-4-7(3-8(6-9)13(15,16)17)5-12(21)22-18-10(19)1-2-11(18)20/h3-4,6H,1-2,5H2. The summed E-state index contributed by atoms with van der Waals surface area (Å²) in [6.07, 6.45) is -5.69. The van der Waals surface area contributed by atoms with Crippen LogP contribution in [0.3, 0.4) is 0 Å². The number of hydrogen-bond donors (Lipinski definition) is 0. The van der Waals surface area contributed by atoms with Crippen molar-refractivity contribution in [1.82, 2.24) is 5.06 Å². The van der Waals surface area contributed by atoms with Crippen LogP contribution in [0.15, 0.2) is 18.2 Å². The summed E-state index contributed by atoms with van der Waals surface area (Å²) in [5.74, 6) is -3.73. The Balaban J connectivity index is 2.10. The van der Waals surface area contributed by atoms with E-state index in [4.69, 9.17) is 0 Å². The molecule has 0 aromatic heterocycles. The third-order valence-corrected chi connectivity index (χ3v) is 2.83. The van der Waals surface area contributed by atoms with Gasteiger partial charge in [0.2, 0.25) is 0 Å². The zero-order chi connectivity index (χ0) is 16.5. The van der Waals surface area contributed by atoms with Crippen LogP contribution in [0, 0.1) is 5.82 Å². The second-order valence-corrected chi connectivity index (χ2v) is 4.57. The fourth-order valence-electron chi connectivity index (χ4n) is 1.87. The predicted octanol–water partition coefficient (Wildman–Crippen LogP) is 1.99. The van der Waals surface area contributed by atoms with E-state index in [0.717, 1.165) is 6.07 Å². The van der Waals surface area contributed by atoms with E-state index in [1.165, 1.54) is 0 Å². The average molecular weight is 319 g/mol. The number of hydrogen-bond acceptors (Lipinski definition) is 4. The summed E-state index contributed by atoms with van der Waals surface area (Å²) < 4.78 is 50.8. The average Bonchev–Trinajstić information content (AvgIpc) is 2.69. The Morgan fingerprint density at radius 3 is 2.27 bits per heavy atom. The van der Waals surface area contributed by atoms with Gasteiger partial charge in [0, 0.05) is 12.8 Å². The van der Waals surface area contributed by atoms with E-state index in [0.29, 0.717) is 12.1 Å². The number of halogens is 4. The van der Waals surface area contributed by atoms with Crippen molar-refractivity contribution in [2.24, 2.45) is 0 Å². The summed E-state index contributed by atoms with van der Waals surface area (Å²) >= 11 is 0. The minimum absolute atomic E-state index is 0.107. The van der Waals surface area contributed by atoms with Crippen LogP contribution in [0.2, 0.25) is 0 Å². The molecule has 1 saturated heterocycles. The van der Waals surface area contributed by atoms with Crippen molar-refractivity contribution in [3.63, 3.8) is 0 Å². The molecule has 5 nitrogen and oxygen atoms in total. The number of alkyl halides is 3. The Kier molecular flexibility index (Phi) is 4.16. The zero-order valence-electron chi connectivity index (χ0n) is 10.9. The van der Waals surface area contributed by atoms with E-state index < -0.39 is 41.8 Å². The smallest absolute Gasteiger partial charge is 0.330 e. The molecule has 0 unspecified atom stereocenters. The SMILES string of the molecule is O=C(Cc1cc(F)cc(C(F)(F)F)c1)ON1C(=O)CCC1=O. The highest BCUT2D eigenvalue weighted by atomic mass is 19.4. The fourth-order valence-corrected chi connectivity index (χ4v) is 1.87. The summed E-state index contributed by atoms with van der Waals surface area (Å²) in [5, 5.41) is 0.270. The molecule has 0 aliphatic carbocycles. The lowest BCUT2D eigenvalue weighted by atomic mass is 10.1. The van der Waals surface area contributed by atoms with Gasteiger partial charge in [-0.15, -0.1) is 5.06 Å². The second-order valence-electron chi connectivity index (χ2n) is 4.57. The van der Waals surface area contributed by atoms with Crippen LogP contribution < -0.4 is 0 Å². The minimum Gasteiger partial charge on any atom is -0.330 e. The molecule has 1 aromatic rings. The first kappa shape index (κ1) is 15.9. The van der Waals surface area contributed by atoms with Crippen molar-refractivity contribution < 1.29 is 36.8 Å². The number of nitrogens with zero attached hydrogens (tertiary/aromatic N) is 1. The number of imide groups is 1. The number of rotatable bonds is 3. The molecule has 0 N–H and O–H groups in total. The van der Waals surface area contributed by atoms with Crippen molar-refractivity contribution >= 4 is 17.8 Å². The van der Waals surface area contributed by atoms with E-state index in [1.54, 1.807) is 0 Å². The monoisotopic (exact) mass is 319 g/mol. The Morgan fingerprint density at radius 2 is 1.73 bits per heavy atom. The van der Waals surface area contributed by atoms with Crippen LogP contribution in [-0.2, 0) is 31.8 Å². The third kappa shape index (κ3) is 3.60. The number of carbonyl (C=O) groups excluding carboxylic acids is 3. The molecule has 0 radical (unpaired) electrons. The topological polar surface area (TPSA) is 63.7 Å². The molecule has 0 saturated carbocycles. The van der Waals surface area contributed by atoms with E-state index >= 15 is 0 Å². The molecule has 1 aliphatic rings. The fraction of sp³-hybridized carbons (Fsp3) is 0.308. The second kappa shape index (κ2) is 5.74. The zero-order valence-corrected chi connectivity index (χ0v) is 10.9. The van der Waals surface area contributed by atoms with Gasteiger partial charge in [0.05, 0.1) is 12.0 Å². The van der Waals surface area contributed by atoms with Crippen molar-refractivity contribution in [3.8, 4) is 0 Å². The van der Waals surface area contributed by atoms with Gasteiger partial charge in [-0.05, 0) is 23.8 Å². The lowest BCUT2D eigenvalue weighted by Crippen LogP contribution is -2.32. The van der Waals surface area contributed by atoms with Gasteiger partial charge in [0.15, 0.2) is 0 Å². The first-order chi connectivity index (χ1) is 10.2. The van der Waals surface area contributed by atoms with E-state index in [9.17, 15) is 31.9 Å². The summed E-state index contributed by atoms with van der Waals surface area (Å²) in [7, 11) is 0. The molecule has 22 heavy (non-hydrogen) atoms. The molecule has 0 atom stereocenters. The molecule has 1 aliphatic heterocycles. The molecule has 118 valence electrons. The maximum Gasteiger partial charge on any atom is 0.416 e. The van der Waals surface area contributed by atoms with Gasteiger partial charge in [0.25, 0.3) is 11.8 Å². The molecular formula is C13H9F4NO4. The largest absolute Gasteiger partial charge is 0.416 e. The number of amides is 2. The van der Waals surface area contributed by atoms with Gasteiger partial charge in [-0.1, -0.05) is 0 Å². The highest BCUT2D eigenvalue weighted by Gasteiger charge is 2.34. The normalized spacial score (nSPS) is 15.4. The van der Waals surface area contributed by atoms with Gasteiger partial charge in [0.1, 0.15) is 5.82 Å². The lowest BCUT2D eigenvalue weighted by molar-refractivity contribution is -0.197. The first-order valence-corrected chi connectivity index (χ1v) is 6.10. The summed E-state index contributed by atoms with van der Waals surface area (Å²) in [5.41, 5.74) is -1.53. The third-order valence-electron chi connectivity index (χ3n) is 2.83. The molecule has 9 heteroatoms. The van der Waals surface area contributed by atoms with Gasteiger partial charge in [-0.2, -0.15) is 13.2 Å². The van der Waals surface area contributed by atoms with E-state index in [1.807, 2.05) is 0 Å². The number of carbonyl (C=O) groups is 3. The Morgan fingerprint density at radius 1 is 1.14 bits per heavy atom. The minimum atomic E-state index is -4.76. The van der Waals surface area contributed by atoms with E-state index in [-0.39, 0.29) is 23.5 Å². The Hall–Kier alpha value is -2.45. The summed E-state index contributed by atoms with van der Waals surface area (Å²) in [4.78, 5) is 38.5. The van der Waals surface area contributed by atoms with Gasteiger partial charge in [-0.25, -0.2) is 9.18 Å². The van der Waals surface area contributed by atoms with E-state index in [2.05, 4.69) is 4.84 Å². The van der Waals surface area contributed by atoms with Crippen molar-refractivity contribution in [2.75, 3.05) is 0 Å². The number of hydroxylamine groups is 2. The highest BCUT2D eigenvalue weighted by Crippen LogP contribution is 2.30. The van der Waals surface area contributed by atoms with Crippen LogP contribution in [0.25, 0.3) is 0 Å². The van der Waals surface area contributed by atoms with Crippen LogP contribution in [0.4, 0.5) is 17.6 Å². The summed E-state index contributed by atoms with van der Waals surface area (Å²) in [6.45, 7) is 0. The summed E-state index contributed by atoms with van der Waals surface area (Å²) in [6, 6.07) is 1.63. The molecular weight excluding hydrogens is 310 g/mol. The maximum absolute atomic E-state index is 13.2. The Labute approximate surface area is 121 Å². The molecule has 1 aromatic carbocycles. The van der Waals surface area contributed by atoms with Gasteiger partial charge < -0.3 is 4.84 Å². The number of benzene rings is 1. The molecule has 0 bridgehead atoms. The Bertz CT molecular complexity index is 625. The van der Waals surface area contributed by atoms with Gasteiger partial charge in [-0.3, -0.25) is 9.59 Å². The molecule has 0 spiro atoms. The molecule has 1 heterocycles. The van der Waals surface area contributed by atoms with Crippen LogP contribution in [0.1, 0.15) is 24.0 Å². The van der Waals surface area contributed by atoms with Gasteiger partial charge >= 0.3 is 12.1 Å². The molecule has 1 fully saturated rings. The van der Waals surface area contributed by atoms with Crippen molar-refractivity contribution in [3.05, 3.63) is 35.1 Å². The predicted molar refractivity (Wildman–Crippen MR) is 62.3 cm³/mol. The van der Waals surface area contributed by atoms with Crippen LogP contribution >= 0.6 is 0 Å². The first-order valence-electron chi connectivity index (χ1n) is 6.10. The molecule has 2 amide bonds. The lowest BCUT2D eigenvalue weighted by Gasteiger charge is -2.13. The van der Waals surface area contributed by atoms with Crippen molar-refractivity contribution in [1.29, 1.82) is 0 Å². The van der Waals surface area contributed by atoms with Crippen molar-refractivity contribution in [2.45, 2.75) is 25.4 Å². The quantitative estimate of drug-likeness (QED) is 0.631. The molecule has 2 rings (SSSR count). The van der Waals surface area contributed by atoms with Crippen LogP contribution in [-0.4, -0.2) is 22.8 Å². The highest BCUT2D eigenvalue weighted by molar-refractivity contribution is 6.01. The maximum atomic E-state index is 13.2. The van der Waals surface area contributed by atoms with Crippen LogP contribution in [0.5, 0.6) is 0 Å².